The zero-order valence-electron chi connectivity index (χ0n) is 19.3. The van der Waals surface area contributed by atoms with E-state index < -0.39 is 5.91 Å². The first-order chi connectivity index (χ1) is 15.3. The smallest absolute Gasteiger partial charge is 0.291 e. The highest BCUT2D eigenvalue weighted by Crippen LogP contribution is 2.31. The van der Waals surface area contributed by atoms with Gasteiger partial charge in [-0.05, 0) is 57.4 Å². The Morgan fingerprint density at radius 1 is 1.19 bits per heavy atom. The largest absolute Gasteiger partial charge is 0.496 e. The fourth-order valence-corrected chi connectivity index (χ4v) is 4.62. The van der Waals surface area contributed by atoms with Gasteiger partial charge in [-0.3, -0.25) is 14.3 Å². The van der Waals surface area contributed by atoms with Crippen molar-refractivity contribution in [2.24, 2.45) is 7.05 Å². The molecule has 1 aliphatic carbocycles. The second kappa shape index (κ2) is 8.68. The predicted molar refractivity (Wildman–Crippen MR) is 122 cm³/mol. The zero-order chi connectivity index (χ0) is 23.0. The van der Waals surface area contributed by atoms with Gasteiger partial charge in [0.1, 0.15) is 11.4 Å². The van der Waals surface area contributed by atoms with Crippen LogP contribution in [0.1, 0.15) is 65.5 Å². The summed E-state index contributed by atoms with van der Waals surface area (Å²) >= 11 is 0. The van der Waals surface area contributed by atoms with Gasteiger partial charge >= 0.3 is 0 Å². The van der Waals surface area contributed by atoms with Crippen LogP contribution in [0.25, 0.3) is 11.3 Å². The molecule has 1 saturated carbocycles. The van der Waals surface area contributed by atoms with Crippen molar-refractivity contribution in [3.05, 3.63) is 51.1 Å². The number of benzene rings is 1. The Bertz CT molecular complexity index is 1210. The quantitative estimate of drug-likeness (QED) is 0.632. The minimum atomic E-state index is -0.454. The maximum absolute atomic E-state index is 13.2. The molecule has 4 rings (SSSR count). The van der Waals surface area contributed by atoms with Gasteiger partial charge in [-0.2, -0.15) is 0 Å². The summed E-state index contributed by atoms with van der Waals surface area (Å²) in [5, 5.41) is 6.80. The van der Waals surface area contributed by atoms with Gasteiger partial charge in [0.05, 0.1) is 18.8 Å². The van der Waals surface area contributed by atoms with Crippen molar-refractivity contribution < 1.29 is 14.1 Å². The number of anilines is 1. The highest BCUT2D eigenvalue weighted by molar-refractivity contribution is 6.04. The van der Waals surface area contributed by atoms with Crippen molar-refractivity contribution in [2.45, 2.75) is 58.9 Å². The number of nitrogens with one attached hydrogen (secondary N) is 1. The molecule has 0 spiro atoms. The molecule has 170 valence electrons. The Balaban J connectivity index is 1.62. The lowest BCUT2D eigenvalue weighted by Crippen LogP contribution is -2.29. The molecule has 3 aromatic rings. The van der Waals surface area contributed by atoms with Crippen LogP contribution in [0, 0.1) is 20.8 Å². The zero-order valence-corrected chi connectivity index (χ0v) is 19.3. The molecule has 0 aliphatic heterocycles. The fraction of sp³-hybridized carbons (Fsp3) is 0.458. The Labute approximate surface area is 187 Å². The number of methoxy groups -OCH3 is 1. The molecule has 1 aromatic carbocycles. The van der Waals surface area contributed by atoms with Crippen LogP contribution in [0.5, 0.6) is 5.75 Å². The Morgan fingerprint density at radius 3 is 2.56 bits per heavy atom. The third-order valence-corrected chi connectivity index (χ3v) is 6.55. The lowest BCUT2D eigenvalue weighted by atomic mass is 9.96. The number of hydrogen-bond acceptors (Lipinski definition) is 5. The van der Waals surface area contributed by atoms with Crippen LogP contribution in [0.2, 0.25) is 0 Å². The number of aromatic nitrogens is 3. The Hall–Kier alpha value is -3.29. The first kappa shape index (κ1) is 21.9. The van der Waals surface area contributed by atoms with E-state index in [0.717, 1.165) is 48.3 Å². The summed E-state index contributed by atoms with van der Waals surface area (Å²) in [5.74, 6) is 0.840. The second-order valence-electron chi connectivity index (χ2n) is 8.55. The van der Waals surface area contributed by atoms with Gasteiger partial charge in [0.25, 0.3) is 11.5 Å². The molecule has 8 nitrogen and oxygen atoms in total. The number of amides is 1. The van der Waals surface area contributed by atoms with Crippen LogP contribution in [-0.2, 0) is 7.05 Å². The molecule has 0 saturated heterocycles. The van der Waals surface area contributed by atoms with E-state index in [1.807, 2.05) is 43.8 Å². The standard InChI is InChI=1S/C24H30N4O4/c1-14-13-17(11-12-19(14)31-5)22-15(2)20(26-32-22)23(29)25-21-16(3)27(4)28(24(21)30)18-9-7-6-8-10-18/h11-13,18H,6-10H2,1-5H3,(H,25,29). The van der Waals surface area contributed by atoms with Crippen molar-refractivity contribution >= 4 is 11.6 Å². The number of rotatable bonds is 5. The average Bonchev–Trinajstić information content (AvgIpc) is 3.27. The van der Waals surface area contributed by atoms with Gasteiger partial charge in [0.2, 0.25) is 0 Å². The summed E-state index contributed by atoms with van der Waals surface area (Å²) < 4.78 is 14.5. The number of ether oxygens (including phenoxy) is 1. The number of carbonyl (C=O) groups is 1. The van der Waals surface area contributed by atoms with Crippen molar-refractivity contribution in [1.82, 2.24) is 14.5 Å². The number of hydrogen-bond donors (Lipinski definition) is 1. The van der Waals surface area contributed by atoms with E-state index in [1.54, 1.807) is 18.7 Å². The van der Waals surface area contributed by atoms with E-state index in [4.69, 9.17) is 9.26 Å². The molecule has 0 unspecified atom stereocenters. The van der Waals surface area contributed by atoms with E-state index in [0.29, 0.717) is 17.0 Å². The Morgan fingerprint density at radius 2 is 1.91 bits per heavy atom. The van der Waals surface area contributed by atoms with E-state index in [9.17, 15) is 9.59 Å². The SMILES string of the molecule is COc1ccc(-c2onc(C(=O)Nc3c(C)n(C)n(C4CCCCC4)c3=O)c2C)cc1C. The normalized spacial score (nSPS) is 14.5. The van der Waals surface area contributed by atoms with Gasteiger partial charge in [0.15, 0.2) is 11.5 Å². The first-order valence-electron chi connectivity index (χ1n) is 11.0. The van der Waals surface area contributed by atoms with Gasteiger partial charge in [-0.1, -0.05) is 24.4 Å². The predicted octanol–water partition coefficient (Wildman–Crippen LogP) is 4.53. The number of nitrogens with zero attached hydrogens (tertiary/aromatic N) is 3. The first-order valence-corrected chi connectivity index (χ1v) is 11.0. The lowest BCUT2D eigenvalue weighted by molar-refractivity contribution is 0.101. The molecule has 2 heterocycles. The summed E-state index contributed by atoms with van der Waals surface area (Å²) in [5.41, 5.74) is 3.40. The maximum atomic E-state index is 13.2. The molecule has 8 heteroatoms. The molecular formula is C24H30N4O4. The van der Waals surface area contributed by atoms with E-state index in [-0.39, 0.29) is 17.3 Å². The minimum Gasteiger partial charge on any atom is -0.496 e. The third-order valence-electron chi connectivity index (χ3n) is 6.55. The lowest BCUT2D eigenvalue weighted by Gasteiger charge is -2.24. The highest BCUT2D eigenvalue weighted by atomic mass is 16.5. The van der Waals surface area contributed by atoms with Gasteiger partial charge < -0.3 is 14.6 Å². The van der Waals surface area contributed by atoms with E-state index in [2.05, 4.69) is 10.5 Å². The van der Waals surface area contributed by atoms with Crippen molar-refractivity contribution in [1.29, 1.82) is 0 Å². The van der Waals surface area contributed by atoms with Crippen LogP contribution in [0.4, 0.5) is 5.69 Å². The molecule has 1 amide bonds. The molecular weight excluding hydrogens is 408 g/mol. The summed E-state index contributed by atoms with van der Waals surface area (Å²) in [6.07, 6.45) is 5.42. The highest BCUT2D eigenvalue weighted by Gasteiger charge is 2.26. The van der Waals surface area contributed by atoms with Crippen LogP contribution in [0.15, 0.2) is 27.5 Å². The Kier molecular flexibility index (Phi) is 5.95. The molecule has 0 radical (unpaired) electrons. The van der Waals surface area contributed by atoms with Gasteiger partial charge in [-0.15, -0.1) is 0 Å². The summed E-state index contributed by atoms with van der Waals surface area (Å²) in [6.45, 7) is 5.58. The van der Waals surface area contributed by atoms with Crippen LogP contribution < -0.4 is 15.6 Å². The van der Waals surface area contributed by atoms with Gasteiger partial charge in [-0.25, -0.2) is 4.68 Å². The fourth-order valence-electron chi connectivity index (χ4n) is 4.62. The molecule has 1 N–H and O–H groups in total. The van der Waals surface area contributed by atoms with Gasteiger partial charge in [0, 0.05) is 18.2 Å². The number of aryl methyl sites for hydroxylation is 1. The van der Waals surface area contributed by atoms with E-state index >= 15 is 0 Å². The van der Waals surface area contributed by atoms with E-state index in [1.165, 1.54) is 6.42 Å². The third kappa shape index (κ3) is 3.74. The molecule has 1 aliphatic rings. The monoisotopic (exact) mass is 438 g/mol. The number of carbonyl (C=O) groups excluding carboxylic acids is 1. The molecule has 2 aromatic heterocycles. The van der Waals surface area contributed by atoms with Crippen molar-refractivity contribution in [3.8, 4) is 17.1 Å². The topological polar surface area (TPSA) is 91.3 Å². The van der Waals surface area contributed by atoms with Crippen molar-refractivity contribution in [2.75, 3.05) is 12.4 Å². The minimum absolute atomic E-state index is 0.167. The van der Waals surface area contributed by atoms with Crippen LogP contribution in [-0.4, -0.2) is 27.5 Å². The van der Waals surface area contributed by atoms with Crippen LogP contribution in [0.3, 0.4) is 0 Å². The molecule has 0 atom stereocenters. The van der Waals surface area contributed by atoms with Crippen LogP contribution >= 0.6 is 0 Å². The molecule has 1 fully saturated rings. The molecule has 32 heavy (non-hydrogen) atoms. The molecule has 0 bridgehead atoms. The second-order valence-corrected chi connectivity index (χ2v) is 8.55. The summed E-state index contributed by atoms with van der Waals surface area (Å²) in [4.78, 5) is 26.2. The van der Waals surface area contributed by atoms with Crippen molar-refractivity contribution in [3.63, 3.8) is 0 Å². The average molecular weight is 439 g/mol. The summed E-state index contributed by atoms with van der Waals surface area (Å²) in [7, 11) is 3.49. The summed E-state index contributed by atoms with van der Waals surface area (Å²) in [6, 6.07) is 5.82. The maximum Gasteiger partial charge on any atom is 0.291 e.